The third-order valence-electron chi connectivity index (χ3n) is 3.67. The predicted octanol–water partition coefficient (Wildman–Crippen LogP) is 3.11. The summed E-state index contributed by atoms with van der Waals surface area (Å²) in [5, 5.41) is 12.9. The van der Waals surface area contributed by atoms with Crippen LogP contribution in [-0.2, 0) is 10.3 Å². The Labute approximate surface area is 122 Å². The molecule has 2 aromatic carbocycles. The predicted molar refractivity (Wildman–Crippen MR) is 81.4 cm³/mol. The van der Waals surface area contributed by atoms with Crippen LogP contribution in [0.25, 0.3) is 6.08 Å². The van der Waals surface area contributed by atoms with Gasteiger partial charge in [0.05, 0.1) is 7.11 Å². The van der Waals surface area contributed by atoms with Crippen molar-refractivity contribution < 1.29 is 14.6 Å². The van der Waals surface area contributed by atoms with E-state index in [2.05, 4.69) is 5.32 Å². The quantitative estimate of drug-likeness (QED) is 0.907. The summed E-state index contributed by atoms with van der Waals surface area (Å²) >= 11 is 0. The second-order valence-electron chi connectivity index (χ2n) is 4.89. The molecule has 0 saturated heterocycles. The van der Waals surface area contributed by atoms with Crippen LogP contribution >= 0.6 is 0 Å². The standard InChI is InChI=1S/C17H15NO3/c1-21-14-8-7-12-9-10-17(16(19)20,18-15(12)11-14)13-5-3-2-4-6-13/h2-11,18H,1H3,(H,19,20). The fraction of sp³-hybridized carbons (Fsp3) is 0.118. The van der Waals surface area contributed by atoms with Crippen molar-refractivity contribution in [1.29, 1.82) is 0 Å². The van der Waals surface area contributed by atoms with E-state index in [4.69, 9.17) is 4.74 Å². The molecule has 0 aliphatic carbocycles. The van der Waals surface area contributed by atoms with Gasteiger partial charge in [0.1, 0.15) is 5.75 Å². The molecule has 1 aliphatic rings. The highest BCUT2D eigenvalue weighted by Gasteiger charge is 2.40. The molecule has 21 heavy (non-hydrogen) atoms. The highest BCUT2D eigenvalue weighted by molar-refractivity contribution is 5.92. The number of carbonyl (C=O) groups is 1. The Hall–Kier alpha value is -2.75. The van der Waals surface area contributed by atoms with Gasteiger partial charge in [-0.3, -0.25) is 0 Å². The summed E-state index contributed by atoms with van der Waals surface area (Å²) in [6, 6.07) is 14.7. The second-order valence-corrected chi connectivity index (χ2v) is 4.89. The highest BCUT2D eigenvalue weighted by Crippen LogP contribution is 2.37. The summed E-state index contributed by atoms with van der Waals surface area (Å²) in [7, 11) is 1.59. The molecule has 0 fully saturated rings. The fourth-order valence-corrected chi connectivity index (χ4v) is 2.50. The number of anilines is 1. The Morgan fingerprint density at radius 2 is 1.95 bits per heavy atom. The molecule has 0 amide bonds. The van der Waals surface area contributed by atoms with Crippen LogP contribution in [0.3, 0.4) is 0 Å². The van der Waals surface area contributed by atoms with Gasteiger partial charge in [0, 0.05) is 11.8 Å². The van der Waals surface area contributed by atoms with Gasteiger partial charge in [-0.15, -0.1) is 0 Å². The van der Waals surface area contributed by atoms with Crippen LogP contribution in [0.4, 0.5) is 5.69 Å². The first kappa shape index (κ1) is 13.2. The molecule has 2 aromatic rings. The van der Waals surface area contributed by atoms with Crippen LogP contribution in [0.15, 0.2) is 54.6 Å². The summed E-state index contributed by atoms with van der Waals surface area (Å²) in [5.41, 5.74) is 1.09. The van der Waals surface area contributed by atoms with E-state index >= 15 is 0 Å². The molecule has 1 aliphatic heterocycles. The molecule has 1 unspecified atom stereocenters. The first-order valence-corrected chi connectivity index (χ1v) is 6.60. The molecular weight excluding hydrogens is 266 g/mol. The number of aliphatic carboxylic acids is 1. The number of hydrogen-bond acceptors (Lipinski definition) is 3. The van der Waals surface area contributed by atoms with Crippen molar-refractivity contribution in [3.8, 4) is 5.75 Å². The van der Waals surface area contributed by atoms with Crippen LogP contribution in [-0.4, -0.2) is 18.2 Å². The van der Waals surface area contributed by atoms with Crippen LogP contribution in [0.5, 0.6) is 5.75 Å². The van der Waals surface area contributed by atoms with E-state index in [9.17, 15) is 9.90 Å². The molecule has 0 bridgehead atoms. The van der Waals surface area contributed by atoms with Crippen molar-refractivity contribution in [2.75, 3.05) is 12.4 Å². The summed E-state index contributed by atoms with van der Waals surface area (Å²) in [6.45, 7) is 0. The van der Waals surface area contributed by atoms with E-state index < -0.39 is 11.5 Å². The number of ether oxygens (including phenoxy) is 1. The topological polar surface area (TPSA) is 58.6 Å². The van der Waals surface area contributed by atoms with Crippen LogP contribution in [0, 0.1) is 0 Å². The lowest BCUT2D eigenvalue weighted by molar-refractivity contribution is -0.140. The van der Waals surface area contributed by atoms with Crippen molar-refractivity contribution in [2.45, 2.75) is 5.54 Å². The average Bonchev–Trinajstić information content (AvgIpc) is 2.54. The molecular formula is C17H15NO3. The van der Waals surface area contributed by atoms with Gasteiger partial charge in [0.25, 0.3) is 0 Å². The van der Waals surface area contributed by atoms with Crippen LogP contribution in [0.2, 0.25) is 0 Å². The lowest BCUT2D eigenvalue weighted by atomic mass is 9.85. The van der Waals surface area contributed by atoms with E-state index in [1.807, 2.05) is 36.4 Å². The summed E-state index contributed by atoms with van der Waals surface area (Å²) < 4.78 is 5.20. The minimum atomic E-state index is -1.26. The number of methoxy groups -OCH3 is 1. The third kappa shape index (κ3) is 2.14. The van der Waals surface area contributed by atoms with Gasteiger partial charge in [-0.25, -0.2) is 4.79 Å². The zero-order chi connectivity index (χ0) is 14.9. The Morgan fingerprint density at radius 3 is 2.62 bits per heavy atom. The Balaban J connectivity index is 2.11. The average molecular weight is 281 g/mol. The fourth-order valence-electron chi connectivity index (χ4n) is 2.50. The maximum absolute atomic E-state index is 11.9. The lowest BCUT2D eigenvalue weighted by Crippen LogP contribution is -2.43. The molecule has 106 valence electrons. The van der Waals surface area contributed by atoms with Crippen molar-refractivity contribution >= 4 is 17.7 Å². The molecule has 1 heterocycles. The molecule has 0 aromatic heterocycles. The molecule has 4 heteroatoms. The van der Waals surface area contributed by atoms with Gasteiger partial charge >= 0.3 is 5.97 Å². The van der Waals surface area contributed by atoms with E-state index in [1.165, 1.54) is 0 Å². The van der Waals surface area contributed by atoms with E-state index in [0.717, 1.165) is 11.3 Å². The summed E-state index contributed by atoms with van der Waals surface area (Å²) in [4.78, 5) is 11.9. The maximum Gasteiger partial charge on any atom is 0.338 e. The van der Waals surface area contributed by atoms with Crippen molar-refractivity contribution in [1.82, 2.24) is 0 Å². The number of carboxylic acids is 1. The van der Waals surface area contributed by atoms with Crippen molar-refractivity contribution in [3.05, 3.63) is 65.7 Å². The van der Waals surface area contributed by atoms with Gasteiger partial charge < -0.3 is 15.2 Å². The largest absolute Gasteiger partial charge is 0.497 e. The normalized spacial score (nSPS) is 19.5. The number of hydrogen-bond donors (Lipinski definition) is 2. The van der Waals surface area contributed by atoms with Gasteiger partial charge in [0.2, 0.25) is 0 Å². The monoisotopic (exact) mass is 281 g/mol. The van der Waals surface area contributed by atoms with Gasteiger partial charge in [0.15, 0.2) is 5.54 Å². The molecule has 1 atom stereocenters. The third-order valence-corrected chi connectivity index (χ3v) is 3.67. The number of benzene rings is 2. The smallest absolute Gasteiger partial charge is 0.338 e. The molecule has 4 nitrogen and oxygen atoms in total. The Morgan fingerprint density at radius 1 is 1.19 bits per heavy atom. The molecule has 0 radical (unpaired) electrons. The molecule has 0 spiro atoms. The first-order valence-electron chi connectivity index (χ1n) is 6.60. The number of rotatable bonds is 3. The van der Waals surface area contributed by atoms with Gasteiger partial charge in [-0.1, -0.05) is 36.4 Å². The zero-order valence-corrected chi connectivity index (χ0v) is 11.5. The van der Waals surface area contributed by atoms with E-state index in [1.54, 1.807) is 31.4 Å². The van der Waals surface area contributed by atoms with Crippen molar-refractivity contribution in [3.63, 3.8) is 0 Å². The maximum atomic E-state index is 11.9. The minimum Gasteiger partial charge on any atom is -0.497 e. The molecule has 3 rings (SSSR count). The number of carboxylic acid groups (broad SMARTS) is 1. The van der Waals surface area contributed by atoms with Crippen LogP contribution < -0.4 is 10.1 Å². The molecule has 2 N–H and O–H groups in total. The minimum absolute atomic E-state index is 0.683. The molecule has 0 saturated carbocycles. The number of nitrogens with one attached hydrogen (secondary N) is 1. The van der Waals surface area contributed by atoms with E-state index in [-0.39, 0.29) is 0 Å². The Bertz CT molecular complexity index is 709. The second kappa shape index (κ2) is 4.98. The summed E-state index contributed by atoms with van der Waals surface area (Å²) in [5.74, 6) is -0.262. The van der Waals surface area contributed by atoms with Gasteiger partial charge in [-0.05, 0) is 29.3 Å². The lowest BCUT2D eigenvalue weighted by Gasteiger charge is -2.33. The SMILES string of the molecule is COc1ccc2c(c1)NC(C(=O)O)(c1ccccc1)C=C2. The van der Waals surface area contributed by atoms with E-state index in [0.29, 0.717) is 11.3 Å². The number of fused-ring (bicyclic) bond motifs is 1. The van der Waals surface area contributed by atoms with Crippen LogP contribution in [0.1, 0.15) is 11.1 Å². The Kier molecular flexibility index (Phi) is 3.14. The van der Waals surface area contributed by atoms with Gasteiger partial charge in [-0.2, -0.15) is 0 Å². The zero-order valence-electron chi connectivity index (χ0n) is 11.5. The highest BCUT2D eigenvalue weighted by atomic mass is 16.5. The first-order chi connectivity index (χ1) is 10.2. The van der Waals surface area contributed by atoms with Crippen molar-refractivity contribution in [2.24, 2.45) is 0 Å². The summed E-state index contributed by atoms with van der Waals surface area (Å²) in [6.07, 6.45) is 3.51.